The van der Waals surface area contributed by atoms with Crippen LogP contribution >= 0.6 is 0 Å². The molecule has 0 aromatic carbocycles. The molecule has 4 fully saturated rings. The number of hydrogen-bond acceptors (Lipinski definition) is 2. The summed E-state index contributed by atoms with van der Waals surface area (Å²) in [4.78, 5) is 12.3. The van der Waals surface area contributed by atoms with E-state index in [1.807, 2.05) is 0 Å². The minimum absolute atomic E-state index is 0.0989. The van der Waals surface area contributed by atoms with Crippen LogP contribution in [-0.4, -0.2) is 16.5 Å². The average molecular weight is 333 g/mol. The molecule has 1 N–H and O–H groups in total. The zero-order valence-corrected chi connectivity index (χ0v) is 16.3. The van der Waals surface area contributed by atoms with Crippen molar-refractivity contribution in [3.8, 4) is 0 Å². The monoisotopic (exact) mass is 332 g/mol. The van der Waals surface area contributed by atoms with Gasteiger partial charge < -0.3 is 5.11 Å². The number of rotatable bonds is 0. The Labute approximate surface area is 147 Å². The van der Waals surface area contributed by atoms with Gasteiger partial charge >= 0.3 is 0 Å². The van der Waals surface area contributed by atoms with Crippen LogP contribution in [0.15, 0.2) is 0 Å². The van der Waals surface area contributed by atoms with Crippen molar-refractivity contribution < 1.29 is 9.90 Å². The van der Waals surface area contributed by atoms with Gasteiger partial charge in [0, 0.05) is 12.3 Å². The van der Waals surface area contributed by atoms with Crippen molar-refractivity contribution >= 4 is 5.78 Å². The second-order valence-electron chi connectivity index (χ2n) is 10.8. The Kier molecular flexibility index (Phi) is 3.62. The van der Waals surface area contributed by atoms with Gasteiger partial charge in [-0.15, -0.1) is 0 Å². The van der Waals surface area contributed by atoms with Crippen LogP contribution < -0.4 is 0 Å². The predicted molar refractivity (Wildman–Crippen MR) is 96.5 cm³/mol. The van der Waals surface area contributed by atoms with Crippen molar-refractivity contribution in [2.45, 2.75) is 85.2 Å². The van der Waals surface area contributed by atoms with Crippen LogP contribution in [0.1, 0.15) is 79.6 Å². The maximum absolute atomic E-state index is 12.3. The Bertz CT molecular complexity index is 552. The van der Waals surface area contributed by atoms with E-state index in [-0.39, 0.29) is 11.3 Å². The number of carbonyl (C=O) groups excluding carboxylic acids is 1. The molecular formula is C22H36O2. The lowest BCUT2D eigenvalue weighted by Gasteiger charge is -2.63. The number of Topliss-reactive ketones (excluding diaryl/α,β-unsaturated/α-hetero) is 1. The molecule has 2 heteroatoms. The average Bonchev–Trinajstić information content (AvgIpc) is 2.73. The number of fused-ring (bicyclic) bond motifs is 5. The maximum Gasteiger partial charge on any atom is 0.136 e. The lowest BCUT2D eigenvalue weighted by atomic mass is 9.42. The number of ketones is 1. The third-order valence-corrected chi connectivity index (χ3v) is 9.73. The summed E-state index contributed by atoms with van der Waals surface area (Å²) >= 11 is 0. The van der Waals surface area contributed by atoms with Gasteiger partial charge in [0.05, 0.1) is 5.60 Å². The molecule has 4 rings (SSSR count). The van der Waals surface area contributed by atoms with Crippen LogP contribution in [-0.2, 0) is 4.79 Å². The molecule has 0 unspecified atom stereocenters. The van der Waals surface area contributed by atoms with Crippen molar-refractivity contribution in [2.75, 3.05) is 0 Å². The zero-order chi connectivity index (χ0) is 17.5. The summed E-state index contributed by atoms with van der Waals surface area (Å²) < 4.78 is 0. The van der Waals surface area contributed by atoms with E-state index in [2.05, 4.69) is 34.6 Å². The van der Waals surface area contributed by atoms with E-state index in [1.54, 1.807) is 0 Å². The summed E-state index contributed by atoms with van der Waals surface area (Å²) in [6.07, 6.45) is 7.75. The SMILES string of the molecule is C[C@@H]1C[C@@]2(C)[C@@H](CC1=O)C[C@H](C)[C@@H]1[C@@H]2CC[C@@]2(C)[C@H]1CC[C@@]2(C)O. The number of hydrogen-bond donors (Lipinski definition) is 1. The van der Waals surface area contributed by atoms with Gasteiger partial charge in [0.15, 0.2) is 0 Å². The van der Waals surface area contributed by atoms with Gasteiger partial charge in [0.25, 0.3) is 0 Å². The van der Waals surface area contributed by atoms with Gasteiger partial charge in [-0.25, -0.2) is 0 Å². The molecule has 9 atom stereocenters. The third kappa shape index (κ3) is 2.01. The molecule has 4 aliphatic rings. The van der Waals surface area contributed by atoms with Crippen molar-refractivity contribution in [3.63, 3.8) is 0 Å². The predicted octanol–water partition coefficient (Wildman–Crippen LogP) is 4.84. The second-order valence-corrected chi connectivity index (χ2v) is 10.8. The zero-order valence-electron chi connectivity index (χ0n) is 16.3. The second kappa shape index (κ2) is 5.09. The molecule has 0 heterocycles. The highest BCUT2D eigenvalue weighted by atomic mass is 16.3. The van der Waals surface area contributed by atoms with Gasteiger partial charge in [0.2, 0.25) is 0 Å². The van der Waals surface area contributed by atoms with Crippen molar-refractivity contribution in [3.05, 3.63) is 0 Å². The Morgan fingerprint density at radius 1 is 1.04 bits per heavy atom. The highest BCUT2D eigenvalue weighted by Crippen LogP contribution is 2.69. The number of carbonyl (C=O) groups is 1. The quantitative estimate of drug-likeness (QED) is 0.689. The fourth-order valence-corrected chi connectivity index (χ4v) is 8.03. The van der Waals surface area contributed by atoms with E-state index >= 15 is 0 Å². The first-order valence-electron chi connectivity index (χ1n) is 10.4. The Morgan fingerprint density at radius 3 is 2.42 bits per heavy atom. The molecule has 0 amide bonds. The van der Waals surface area contributed by atoms with Crippen molar-refractivity contribution in [1.29, 1.82) is 0 Å². The molecule has 0 aromatic rings. The fourth-order valence-electron chi connectivity index (χ4n) is 8.03. The third-order valence-electron chi connectivity index (χ3n) is 9.73. The van der Waals surface area contributed by atoms with Crippen LogP contribution in [0, 0.1) is 46.3 Å². The summed E-state index contributed by atoms with van der Waals surface area (Å²) in [5.41, 5.74) is -0.0437. The van der Waals surface area contributed by atoms with Gasteiger partial charge in [-0.2, -0.15) is 0 Å². The van der Waals surface area contributed by atoms with E-state index < -0.39 is 5.60 Å². The molecule has 0 aliphatic heterocycles. The minimum Gasteiger partial charge on any atom is -0.390 e. The van der Waals surface area contributed by atoms with Crippen LogP contribution in [0.5, 0.6) is 0 Å². The minimum atomic E-state index is -0.490. The highest BCUT2D eigenvalue weighted by Gasteiger charge is 2.64. The van der Waals surface area contributed by atoms with E-state index in [0.29, 0.717) is 29.0 Å². The summed E-state index contributed by atoms with van der Waals surface area (Å²) in [7, 11) is 0. The Balaban J connectivity index is 1.70. The van der Waals surface area contributed by atoms with E-state index in [1.165, 1.54) is 25.7 Å². The van der Waals surface area contributed by atoms with E-state index in [4.69, 9.17) is 0 Å². The summed E-state index contributed by atoms with van der Waals surface area (Å²) in [5, 5.41) is 11.1. The van der Waals surface area contributed by atoms with Gasteiger partial charge in [-0.05, 0) is 85.9 Å². The normalized spacial score (nSPS) is 60.3. The van der Waals surface area contributed by atoms with Gasteiger partial charge in [-0.3, -0.25) is 4.79 Å². The van der Waals surface area contributed by atoms with Gasteiger partial charge in [0.1, 0.15) is 5.78 Å². The van der Waals surface area contributed by atoms with Crippen LogP contribution in [0.25, 0.3) is 0 Å². The molecule has 2 nitrogen and oxygen atoms in total. The molecule has 24 heavy (non-hydrogen) atoms. The first-order chi connectivity index (χ1) is 11.1. The van der Waals surface area contributed by atoms with Crippen LogP contribution in [0.2, 0.25) is 0 Å². The first-order valence-corrected chi connectivity index (χ1v) is 10.4. The number of aliphatic hydroxyl groups is 1. The standard InChI is InChI=1S/C22H36O2/c1-13-10-15-11-18(23)14(2)12-20(15,3)16-6-8-21(4)17(19(13)16)7-9-22(21,5)24/h13-17,19,24H,6-12H2,1-5H3/t13-,14+,15+,16-,17-,19+,20-,21-,22+/m0/s1. The molecule has 4 saturated carbocycles. The molecular weight excluding hydrogens is 296 g/mol. The van der Waals surface area contributed by atoms with Crippen molar-refractivity contribution in [1.82, 2.24) is 0 Å². The molecule has 136 valence electrons. The summed E-state index contributed by atoms with van der Waals surface area (Å²) in [6.45, 7) is 11.6. The van der Waals surface area contributed by atoms with Crippen LogP contribution in [0.4, 0.5) is 0 Å². The smallest absolute Gasteiger partial charge is 0.136 e. The first kappa shape index (κ1) is 17.1. The Hall–Kier alpha value is -0.370. The summed E-state index contributed by atoms with van der Waals surface area (Å²) in [6, 6.07) is 0. The highest BCUT2D eigenvalue weighted by molar-refractivity contribution is 5.82. The molecule has 4 aliphatic carbocycles. The topological polar surface area (TPSA) is 37.3 Å². The van der Waals surface area contributed by atoms with E-state index in [0.717, 1.165) is 31.1 Å². The molecule has 0 saturated heterocycles. The molecule has 0 aromatic heterocycles. The molecule has 0 bridgehead atoms. The molecule has 0 spiro atoms. The lowest BCUT2D eigenvalue weighted by molar-refractivity contribution is -0.170. The maximum atomic E-state index is 12.3. The fraction of sp³-hybridized carbons (Fsp3) is 0.955. The summed E-state index contributed by atoms with van der Waals surface area (Å²) in [5.74, 6) is 4.24. The van der Waals surface area contributed by atoms with Gasteiger partial charge in [-0.1, -0.05) is 27.7 Å². The van der Waals surface area contributed by atoms with Crippen LogP contribution in [0.3, 0.4) is 0 Å². The largest absolute Gasteiger partial charge is 0.390 e. The van der Waals surface area contributed by atoms with Crippen molar-refractivity contribution in [2.24, 2.45) is 46.3 Å². The lowest BCUT2D eigenvalue weighted by Crippen LogP contribution is -2.58. The Morgan fingerprint density at radius 2 is 1.71 bits per heavy atom. The van der Waals surface area contributed by atoms with E-state index in [9.17, 15) is 9.90 Å². The molecule has 0 radical (unpaired) electrons.